The summed E-state index contributed by atoms with van der Waals surface area (Å²) in [5.41, 5.74) is 0. The molecule has 0 heterocycles. The first-order valence-corrected chi connectivity index (χ1v) is 10.3. The van der Waals surface area contributed by atoms with Crippen molar-refractivity contribution in [1.29, 1.82) is 0 Å². The second kappa shape index (κ2) is 6.95. The van der Waals surface area contributed by atoms with Crippen molar-refractivity contribution >= 4 is 42.4 Å². The first-order valence-electron chi connectivity index (χ1n) is 6.66. The van der Waals surface area contributed by atoms with Crippen molar-refractivity contribution in [2.75, 3.05) is 11.6 Å². The zero-order valence-electron chi connectivity index (χ0n) is 11.7. The van der Waals surface area contributed by atoms with Gasteiger partial charge in [0.05, 0.1) is 10.6 Å². The van der Waals surface area contributed by atoms with E-state index in [-0.39, 0.29) is 10.6 Å². The molecule has 120 valence electrons. The molecule has 22 heavy (non-hydrogen) atoms. The molecular weight excluding hydrogens is 346 g/mol. The Kier molecular flexibility index (Phi) is 5.44. The largest absolute Gasteiger partial charge is 0.254 e. The molecule has 0 saturated carbocycles. The molecule has 0 aliphatic carbocycles. The van der Waals surface area contributed by atoms with Crippen LogP contribution in [0.3, 0.4) is 0 Å². The Morgan fingerprint density at radius 3 is 2.32 bits per heavy atom. The van der Waals surface area contributed by atoms with Crippen LogP contribution in [0.5, 0.6) is 0 Å². The van der Waals surface area contributed by atoms with Crippen LogP contribution in [0.2, 0.25) is 0 Å². The third-order valence-corrected chi connectivity index (χ3v) is 6.99. The Morgan fingerprint density at radius 2 is 1.59 bits per heavy atom. The van der Waals surface area contributed by atoms with Crippen LogP contribution in [0.15, 0.2) is 47.4 Å². The minimum Gasteiger partial charge on any atom is -0.211 e. The summed E-state index contributed by atoms with van der Waals surface area (Å²) in [6, 6.07) is 11.6. The normalized spacial score (nSPS) is 12.6. The lowest BCUT2D eigenvalue weighted by molar-refractivity contribution is 0.575. The lowest BCUT2D eigenvalue weighted by Gasteiger charge is -2.10. The maximum atomic E-state index is 12.4. The van der Waals surface area contributed by atoms with E-state index in [0.29, 0.717) is 24.1 Å². The molecule has 0 aliphatic rings. The molecule has 8 heteroatoms. The van der Waals surface area contributed by atoms with Crippen LogP contribution in [0.4, 0.5) is 0 Å². The fraction of sp³-hybridized carbons (Fsp3) is 0.286. The average molecular weight is 362 g/mol. The summed E-state index contributed by atoms with van der Waals surface area (Å²) < 4.78 is 50.4. The third-order valence-electron chi connectivity index (χ3n) is 3.07. The monoisotopic (exact) mass is 361 g/mol. The maximum Gasteiger partial charge on any atom is 0.254 e. The number of sulfonamides is 2. The molecule has 1 N–H and O–H groups in total. The second-order valence-corrected chi connectivity index (χ2v) is 8.91. The van der Waals surface area contributed by atoms with Gasteiger partial charge in [0.2, 0.25) is 10.0 Å². The molecule has 2 rings (SSSR count). The van der Waals surface area contributed by atoms with Crippen LogP contribution < -0.4 is 4.13 Å². The van der Waals surface area contributed by atoms with E-state index in [1.54, 1.807) is 40.5 Å². The van der Waals surface area contributed by atoms with E-state index in [4.69, 9.17) is 11.6 Å². The molecule has 0 fully saturated rings. The van der Waals surface area contributed by atoms with Gasteiger partial charge in [0.1, 0.15) is 0 Å². The molecule has 0 radical (unpaired) electrons. The summed E-state index contributed by atoms with van der Waals surface area (Å²) in [5.74, 6) is 0.0648. The summed E-state index contributed by atoms with van der Waals surface area (Å²) in [4.78, 5) is -0.0495. The van der Waals surface area contributed by atoms with Crippen LogP contribution >= 0.6 is 11.6 Å². The lowest BCUT2D eigenvalue weighted by Crippen LogP contribution is -2.32. The van der Waals surface area contributed by atoms with Gasteiger partial charge in [0.25, 0.3) is 10.0 Å². The van der Waals surface area contributed by atoms with E-state index >= 15 is 0 Å². The topological polar surface area (TPSA) is 80.3 Å². The zero-order valence-corrected chi connectivity index (χ0v) is 14.1. The van der Waals surface area contributed by atoms with Crippen molar-refractivity contribution < 1.29 is 16.8 Å². The Balaban J connectivity index is 2.34. The van der Waals surface area contributed by atoms with E-state index in [1.807, 2.05) is 0 Å². The molecular formula is C14H16ClNO4S2. The first kappa shape index (κ1) is 17.2. The number of rotatable bonds is 7. The Bertz CT molecular complexity index is 858. The molecule has 0 spiro atoms. The molecule has 2 aromatic carbocycles. The number of alkyl halides is 1. The molecule has 0 saturated heterocycles. The first-order chi connectivity index (χ1) is 10.4. The summed E-state index contributed by atoms with van der Waals surface area (Å²) >= 11 is 5.49. The number of fused-ring (bicyclic) bond motifs is 1. The molecule has 0 atom stereocenters. The Hall–Kier alpha value is -1.15. The highest BCUT2D eigenvalue weighted by molar-refractivity contribution is 8.04. The highest BCUT2D eigenvalue weighted by atomic mass is 35.5. The fourth-order valence-electron chi connectivity index (χ4n) is 2.07. The summed E-state index contributed by atoms with van der Waals surface area (Å²) in [6.07, 6.45) is 0.820. The quantitative estimate of drug-likeness (QED) is 0.606. The van der Waals surface area contributed by atoms with Gasteiger partial charge >= 0.3 is 0 Å². The number of hydrogen-bond acceptors (Lipinski definition) is 4. The van der Waals surface area contributed by atoms with Gasteiger partial charge in [-0.05, 0) is 24.3 Å². The van der Waals surface area contributed by atoms with Crippen molar-refractivity contribution in [3.05, 3.63) is 42.5 Å². The van der Waals surface area contributed by atoms with Gasteiger partial charge in [-0.25, -0.2) is 16.8 Å². The third kappa shape index (κ3) is 4.19. The van der Waals surface area contributed by atoms with E-state index in [0.717, 1.165) is 5.39 Å². The van der Waals surface area contributed by atoms with Gasteiger partial charge in [-0.3, -0.25) is 0 Å². The molecule has 0 unspecified atom stereocenters. The maximum absolute atomic E-state index is 12.4. The SMILES string of the molecule is O=S(=O)(CCCCCl)NS(=O)(=O)c1cccc2ccccc12. The average Bonchev–Trinajstić information content (AvgIpc) is 2.45. The molecule has 0 bridgehead atoms. The summed E-state index contributed by atoms with van der Waals surface area (Å²) in [6.45, 7) is 0. The Labute approximate surface area is 135 Å². The van der Waals surface area contributed by atoms with E-state index < -0.39 is 20.0 Å². The number of halogens is 1. The lowest BCUT2D eigenvalue weighted by atomic mass is 10.1. The highest BCUT2D eigenvalue weighted by Crippen LogP contribution is 2.23. The molecule has 0 aromatic heterocycles. The zero-order chi connectivity index (χ0) is 16.2. The van der Waals surface area contributed by atoms with Crippen LogP contribution in [-0.2, 0) is 20.0 Å². The van der Waals surface area contributed by atoms with Crippen LogP contribution in [0.1, 0.15) is 12.8 Å². The fourth-order valence-corrected chi connectivity index (χ4v) is 5.61. The van der Waals surface area contributed by atoms with Gasteiger partial charge in [-0.2, -0.15) is 0 Å². The predicted octanol–water partition coefficient (Wildman–Crippen LogP) is 2.47. The van der Waals surface area contributed by atoms with Gasteiger partial charge in [-0.1, -0.05) is 36.4 Å². The van der Waals surface area contributed by atoms with Crippen LogP contribution in [0.25, 0.3) is 10.8 Å². The van der Waals surface area contributed by atoms with Crippen molar-refractivity contribution in [2.24, 2.45) is 0 Å². The van der Waals surface area contributed by atoms with E-state index in [1.165, 1.54) is 6.07 Å². The molecule has 5 nitrogen and oxygen atoms in total. The molecule has 2 aromatic rings. The van der Waals surface area contributed by atoms with E-state index in [9.17, 15) is 16.8 Å². The van der Waals surface area contributed by atoms with Crippen LogP contribution in [0, 0.1) is 0 Å². The standard InChI is InChI=1S/C14H16ClNO4S2/c15-10-3-4-11-21(17,18)16-22(19,20)14-9-5-7-12-6-1-2-8-13(12)14/h1-2,5-9,16H,3-4,10-11H2. The highest BCUT2D eigenvalue weighted by Gasteiger charge is 2.24. The van der Waals surface area contributed by atoms with Crippen molar-refractivity contribution in [3.8, 4) is 0 Å². The predicted molar refractivity (Wildman–Crippen MR) is 88.0 cm³/mol. The van der Waals surface area contributed by atoms with Gasteiger partial charge in [0, 0.05) is 11.3 Å². The summed E-state index contributed by atoms with van der Waals surface area (Å²) in [5, 5.41) is 1.21. The Morgan fingerprint density at radius 1 is 0.909 bits per heavy atom. The van der Waals surface area contributed by atoms with Gasteiger partial charge in [-0.15, -0.1) is 15.7 Å². The number of nitrogens with one attached hydrogen (secondary N) is 1. The molecule has 0 amide bonds. The van der Waals surface area contributed by atoms with Crippen molar-refractivity contribution in [3.63, 3.8) is 0 Å². The van der Waals surface area contributed by atoms with Gasteiger partial charge in [0.15, 0.2) is 0 Å². The number of unbranched alkanes of at least 4 members (excludes halogenated alkanes) is 1. The van der Waals surface area contributed by atoms with Crippen molar-refractivity contribution in [2.45, 2.75) is 17.7 Å². The van der Waals surface area contributed by atoms with Crippen molar-refractivity contribution in [1.82, 2.24) is 4.13 Å². The van der Waals surface area contributed by atoms with Crippen LogP contribution in [-0.4, -0.2) is 28.5 Å². The number of hydrogen-bond donors (Lipinski definition) is 1. The second-order valence-electron chi connectivity index (χ2n) is 4.78. The minimum atomic E-state index is -4.15. The minimum absolute atomic E-state index is 0.0495. The van der Waals surface area contributed by atoms with Gasteiger partial charge < -0.3 is 0 Å². The number of benzene rings is 2. The smallest absolute Gasteiger partial charge is 0.211 e. The summed E-state index contributed by atoms with van der Waals surface area (Å²) in [7, 11) is -8.08. The molecule has 0 aliphatic heterocycles. The van der Waals surface area contributed by atoms with E-state index in [2.05, 4.69) is 0 Å².